The number of ketones is 1. The Hall–Kier alpha value is -1.43. The van der Waals surface area contributed by atoms with Gasteiger partial charge in [-0.2, -0.15) is 5.10 Å². The van der Waals surface area contributed by atoms with Crippen molar-refractivity contribution in [2.45, 2.75) is 19.9 Å². The van der Waals surface area contributed by atoms with Gasteiger partial charge in [-0.3, -0.25) is 4.79 Å². The van der Waals surface area contributed by atoms with Gasteiger partial charge in [0.2, 0.25) is 0 Å². The van der Waals surface area contributed by atoms with E-state index in [1.54, 1.807) is 14.0 Å². The van der Waals surface area contributed by atoms with Crippen LogP contribution in [-0.4, -0.2) is 54.6 Å². The third kappa shape index (κ3) is 3.67. The standard InChI is InChI=1S/C9H18N4O2/c1-7(8(2)14)12(4)9(15)13(11-3)6-5-10/h7H,3,5-6,10H2,1-2,4H3. The molecule has 0 aliphatic heterocycles. The van der Waals surface area contributed by atoms with Gasteiger partial charge in [-0.25, -0.2) is 9.80 Å². The van der Waals surface area contributed by atoms with Gasteiger partial charge in [0.1, 0.15) is 0 Å². The van der Waals surface area contributed by atoms with Crippen LogP contribution in [-0.2, 0) is 4.79 Å². The summed E-state index contributed by atoms with van der Waals surface area (Å²) in [6.07, 6.45) is 0. The van der Waals surface area contributed by atoms with Gasteiger partial charge in [-0.05, 0) is 13.8 Å². The first-order chi connectivity index (χ1) is 6.95. The maximum atomic E-state index is 11.7. The smallest absolute Gasteiger partial charge is 0.329 e. The second-order valence-electron chi connectivity index (χ2n) is 3.23. The predicted molar refractivity (Wildman–Crippen MR) is 58.6 cm³/mol. The Morgan fingerprint density at radius 2 is 2.07 bits per heavy atom. The summed E-state index contributed by atoms with van der Waals surface area (Å²) in [6.45, 7) is 6.95. The van der Waals surface area contributed by atoms with Crippen molar-refractivity contribution in [1.29, 1.82) is 0 Å². The molecule has 0 aromatic carbocycles. The van der Waals surface area contributed by atoms with E-state index in [1.807, 2.05) is 0 Å². The number of nitrogens with two attached hydrogens (primary N) is 1. The van der Waals surface area contributed by atoms with Crippen LogP contribution in [0.5, 0.6) is 0 Å². The van der Waals surface area contributed by atoms with Crippen LogP contribution in [0.4, 0.5) is 4.79 Å². The van der Waals surface area contributed by atoms with Crippen LogP contribution in [0, 0.1) is 0 Å². The first-order valence-corrected chi connectivity index (χ1v) is 4.67. The Kier molecular flexibility index (Phi) is 5.54. The summed E-state index contributed by atoms with van der Waals surface area (Å²) in [5.74, 6) is -0.0809. The zero-order valence-electron chi connectivity index (χ0n) is 9.43. The predicted octanol–water partition coefficient (Wildman–Crippen LogP) is -0.108. The van der Waals surface area contributed by atoms with Gasteiger partial charge in [0.15, 0.2) is 5.78 Å². The lowest BCUT2D eigenvalue weighted by atomic mass is 10.2. The van der Waals surface area contributed by atoms with Gasteiger partial charge >= 0.3 is 6.03 Å². The van der Waals surface area contributed by atoms with Crippen molar-refractivity contribution in [2.24, 2.45) is 10.8 Å². The third-order valence-corrected chi connectivity index (χ3v) is 2.20. The summed E-state index contributed by atoms with van der Waals surface area (Å²) < 4.78 is 0. The normalized spacial score (nSPS) is 11.7. The van der Waals surface area contributed by atoms with Crippen molar-refractivity contribution in [3.63, 3.8) is 0 Å². The lowest BCUT2D eigenvalue weighted by molar-refractivity contribution is -0.120. The van der Waals surface area contributed by atoms with Crippen molar-refractivity contribution in [3.05, 3.63) is 0 Å². The SMILES string of the molecule is C=NN(CCN)C(=O)N(C)C(C)C(C)=O. The van der Waals surface area contributed by atoms with Gasteiger partial charge in [0.25, 0.3) is 0 Å². The minimum Gasteiger partial charge on any atom is -0.329 e. The largest absolute Gasteiger partial charge is 0.340 e. The van der Waals surface area contributed by atoms with Crippen LogP contribution in [0.3, 0.4) is 0 Å². The molecule has 0 radical (unpaired) electrons. The van der Waals surface area contributed by atoms with Crippen molar-refractivity contribution >= 4 is 18.5 Å². The molecule has 6 nitrogen and oxygen atoms in total. The van der Waals surface area contributed by atoms with E-state index in [-0.39, 0.29) is 18.4 Å². The van der Waals surface area contributed by atoms with Gasteiger partial charge in [-0.1, -0.05) is 0 Å². The lowest BCUT2D eigenvalue weighted by Gasteiger charge is -2.27. The van der Waals surface area contributed by atoms with Gasteiger partial charge < -0.3 is 10.6 Å². The van der Waals surface area contributed by atoms with E-state index in [0.717, 1.165) is 5.01 Å². The summed E-state index contributed by atoms with van der Waals surface area (Å²) >= 11 is 0. The van der Waals surface area contributed by atoms with E-state index in [4.69, 9.17) is 5.73 Å². The van der Waals surface area contributed by atoms with Crippen molar-refractivity contribution in [3.8, 4) is 0 Å². The molecule has 0 saturated heterocycles. The molecule has 0 saturated carbocycles. The van der Waals surface area contributed by atoms with Crippen LogP contribution < -0.4 is 5.73 Å². The van der Waals surface area contributed by atoms with E-state index in [9.17, 15) is 9.59 Å². The molecule has 0 aliphatic rings. The van der Waals surface area contributed by atoms with Crippen molar-refractivity contribution in [2.75, 3.05) is 20.1 Å². The van der Waals surface area contributed by atoms with Gasteiger partial charge in [0, 0.05) is 20.3 Å². The molecule has 1 unspecified atom stereocenters. The number of Topliss-reactive ketones (excluding diaryl/α,β-unsaturated/α-hetero) is 1. The maximum absolute atomic E-state index is 11.7. The van der Waals surface area contributed by atoms with Crippen molar-refractivity contribution in [1.82, 2.24) is 9.91 Å². The molecule has 2 amide bonds. The first kappa shape index (κ1) is 13.6. The van der Waals surface area contributed by atoms with E-state index in [1.165, 1.54) is 11.8 Å². The molecule has 15 heavy (non-hydrogen) atoms. The Balaban J connectivity index is 4.53. The Bertz CT molecular complexity index is 254. The fourth-order valence-corrected chi connectivity index (χ4v) is 0.970. The molecular formula is C9H18N4O2. The van der Waals surface area contributed by atoms with Crippen molar-refractivity contribution < 1.29 is 9.59 Å². The highest BCUT2D eigenvalue weighted by Gasteiger charge is 2.23. The average molecular weight is 214 g/mol. The highest BCUT2D eigenvalue weighted by atomic mass is 16.2. The fourth-order valence-electron chi connectivity index (χ4n) is 0.970. The summed E-state index contributed by atoms with van der Waals surface area (Å²) in [7, 11) is 1.54. The summed E-state index contributed by atoms with van der Waals surface area (Å²) in [5.41, 5.74) is 5.31. The second kappa shape index (κ2) is 6.13. The van der Waals surface area contributed by atoms with Crippen LogP contribution in [0.1, 0.15) is 13.8 Å². The Morgan fingerprint density at radius 3 is 2.40 bits per heavy atom. The summed E-state index contributed by atoms with van der Waals surface area (Å²) in [5, 5.41) is 4.68. The number of carbonyl (C=O) groups is 2. The van der Waals surface area contributed by atoms with Crippen LogP contribution in [0.25, 0.3) is 0 Å². The molecule has 6 heteroatoms. The highest BCUT2D eigenvalue weighted by Crippen LogP contribution is 2.03. The molecule has 1 atom stereocenters. The van der Waals surface area contributed by atoms with Crippen LogP contribution in [0.15, 0.2) is 5.10 Å². The number of urea groups is 1. The molecule has 0 fully saturated rings. The molecule has 86 valence electrons. The number of hydrazone groups is 1. The topological polar surface area (TPSA) is 79.0 Å². The maximum Gasteiger partial charge on any atom is 0.340 e. The molecular weight excluding hydrogens is 196 g/mol. The Morgan fingerprint density at radius 1 is 1.53 bits per heavy atom. The number of hydrogen-bond donors (Lipinski definition) is 1. The summed E-state index contributed by atoms with van der Waals surface area (Å²) in [4.78, 5) is 24.1. The second-order valence-corrected chi connectivity index (χ2v) is 3.23. The molecule has 0 aromatic heterocycles. The quantitative estimate of drug-likeness (QED) is 0.512. The third-order valence-electron chi connectivity index (χ3n) is 2.20. The van der Waals surface area contributed by atoms with Crippen LogP contribution >= 0.6 is 0 Å². The fraction of sp³-hybridized carbons (Fsp3) is 0.667. The highest BCUT2D eigenvalue weighted by molar-refractivity contribution is 5.86. The monoisotopic (exact) mass is 214 g/mol. The number of amides is 2. The van der Waals surface area contributed by atoms with Crippen LogP contribution in [0.2, 0.25) is 0 Å². The zero-order chi connectivity index (χ0) is 12.0. The minimum absolute atomic E-state index is 0.0809. The number of likely N-dealkylation sites (N-methyl/N-ethyl adjacent to an activating group) is 1. The van der Waals surface area contributed by atoms with E-state index < -0.39 is 6.04 Å². The molecule has 0 rings (SSSR count). The van der Waals surface area contributed by atoms with E-state index in [0.29, 0.717) is 6.54 Å². The lowest BCUT2D eigenvalue weighted by Crippen LogP contribution is -2.46. The number of nitrogens with zero attached hydrogens (tertiary/aromatic N) is 3. The van der Waals surface area contributed by atoms with Gasteiger partial charge in [-0.15, -0.1) is 0 Å². The van der Waals surface area contributed by atoms with E-state index in [2.05, 4.69) is 11.8 Å². The zero-order valence-corrected chi connectivity index (χ0v) is 9.43. The molecule has 2 N–H and O–H groups in total. The molecule has 0 aromatic rings. The molecule has 0 spiro atoms. The Labute approximate surface area is 89.7 Å². The summed E-state index contributed by atoms with van der Waals surface area (Å²) in [6, 6.07) is -0.849. The number of hydrogen-bond acceptors (Lipinski definition) is 4. The van der Waals surface area contributed by atoms with Gasteiger partial charge in [0.05, 0.1) is 12.6 Å². The molecule has 0 aliphatic carbocycles. The minimum atomic E-state index is -0.473. The van der Waals surface area contributed by atoms with E-state index >= 15 is 0 Å². The number of carbonyl (C=O) groups excluding carboxylic acids is 2. The average Bonchev–Trinajstić information content (AvgIpc) is 2.22. The first-order valence-electron chi connectivity index (χ1n) is 4.67. The molecule has 0 heterocycles. The molecule has 0 bridgehead atoms. The number of rotatable bonds is 5.